The number of hydrogen-bond donors (Lipinski definition) is 2. The van der Waals surface area contributed by atoms with E-state index in [1.165, 1.54) is 7.05 Å². The molecule has 0 aromatic heterocycles. The Labute approximate surface area is 94.4 Å². The molecule has 0 spiro atoms. The van der Waals surface area contributed by atoms with Crippen LogP contribution in [0.5, 0.6) is 0 Å². The number of sulfone groups is 1. The molecule has 0 aromatic carbocycles. The fourth-order valence-electron chi connectivity index (χ4n) is 1.27. The van der Waals surface area contributed by atoms with E-state index in [1.54, 1.807) is 0 Å². The molecule has 1 aliphatic rings. The summed E-state index contributed by atoms with van der Waals surface area (Å²) in [7, 11) is -5.40. The first-order chi connectivity index (χ1) is 6.77. The molecule has 0 aromatic rings. The molecule has 6 nitrogen and oxygen atoms in total. The summed E-state index contributed by atoms with van der Waals surface area (Å²) in [5, 5.41) is 1.53. The molecule has 0 amide bonds. The summed E-state index contributed by atoms with van der Waals surface area (Å²) < 4.78 is 47.5. The van der Waals surface area contributed by atoms with Crippen molar-refractivity contribution >= 4 is 37.2 Å². The average Bonchev–Trinajstić information content (AvgIpc) is 2.45. The third kappa shape index (κ3) is 3.28. The Balaban J connectivity index is 2.77. The lowest BCUT2D eigenvalue weighted by atomic mass is 10.4. The second kappa shape index (κ2) is 4.22. The Hall–Kier alpha value is -0.410. The van der Waals surface area contributed by atoms with Gasteiger partial charge in [0.2, 0.25) is 10.0 Å². The van der Waals surface area contributed by atoms with Crippen LogP contribution in [-0.4, -0.2) is 45.8 Å². The number of thiocarbonyl (C=S) groups is 1. The molecule has 1 atom stereocenters. The third-order valence-electron chi connectivity index (χ3n) is 2.09. The standard InChI is InChI=1S/C6H12N2O4S3/c1-7-6(13)8-15(11,12)5-2-3-14(9,10)4-5/h5H,2-4H2,1H3,(H2,7,8,13)/t5-/m0/s1. The Bertz CT molecular complexity index is 453. The van der Waals surface area contributed by atoms with Crippen LogP contribution < -0.4 is 10.0 Å². The van der Waals surface area contributed by atoms with Gasteiger partial charge >= 0.3 is 0 Å². The van der Waals surface area contributed by atoms with E-state index in [4.69, 9.17) is 0 Å². The maximum atomic E-state index is 11.6. The fraction of sp³-hybridized carbons (Fsp3) is 0.833. The monoisotopic (exact) mass is 272 g/mol. The van der Waals surface area contributed by atoms with Crippen molar-refractivity contribution in [3.63, 3.8) is 0 Å². The van der Waals surface area contributed by atoms with Gasteiger partial charge in [-0.25, -0.2) is 16.8 Å². The smallest absolute Gasteiger partial charge is 0.238 e. The number of hydrogen-bond acceptors (Lipinski definition) is 5. The predicted octanol–water partition coefficient (Wildman–Crippen LogP) is -1.40. The highest BCUT2D eigenvalue weighted by molar-refractivity contribution is 7.96. The summed E-state index contributed by atoms with van der Waals surface area (Å²) in [4.78, 5) is 0. The average molecular weight is 272 g/mol. The maximum absolute atomic E-state index is 11.6. The summed E-state index contributed by atoms with van der Waals surface area (Å²) in [6.07, 6.45) is 0.129. The fourth-order valence-corrected chi connectivity index (χ4v) is 5.60. The van der Waals surface area contributed by atoms with E-state index >= 15 is 0 Å². The van der Waals surface area contributed by atoms with E-state index < -0.39 is 25.1 Å². The van der Waals surface area contributed by atoms with E-state index in [0.717, 1.165) is 0 Å². The second-order valence-corrected chi connectivity index (χ2v) is 7.85. The number of nitrogens with one attached hydrogen (secondary N) is 2. The molecular weight excluding hydrogens is 260 g/mol. The molecule has 1 aliphatic heterocycles. The molecule has 2 N–H and O–H groups in total. The lowest BCUT2D eigenvalue weighted by Crippen LogP contribution is -2.42. The van der Waals surface area contributed by atoms with Gasteiger partial charge in [0.25, 0.3) is 0 Å². The van der Waals surface area contributed by atoms with E-state index in [0.29, 0.717) is 0 Å². The van der Waals surface area contributed by atoms with Crippen LogP contribution in [-0.2, 0) is 19.9 Å². The second-order valence-electron chi connectivity index (χ2n) is 3.25. The molecular formula is C6H12N2O4S3. The van der Waals surface area contributed by atoms with Crippen LogP contribution in [0.15, 0.2) is 0 Å². The lowest BCUT2D eigenvalue weighted by Gasteiger charge is -2.12. The van der Waals surface area contributed by atoms with Gasteiger partial charge in [0, 0.05) is 7.05 Å². The Morgan fingerprint density at radius 1 is 1.47 bits per heavy atom. The number of sulfonamides is 1. The first-order valence-corrected chi connectivity index (χ1v) is 7.98. The number of rotatable bonds is 2. The zero-order valence-electron chi connectivity index (χ0n) is 8.06. The lowest BCUT2D eigenvalue weighted by molar-refractivity contribution is 0.578. The first kappa shape index (κ1) is 12.7. The Kier molecular flexibility index (Phi) is 3.56. The van der Waals surface area contributed by atoms with Crippen LogP contribution in [0, 0.1) is 0 Å². The zero-order valence-corrected chi connectivity index (χ0v) is 10.5. The van der Waals surface area contributed by atoms with Gasteiger partial charge in [-0.05, 0) is 18.6 Å². The van der Waals surface area contributed by atoms with Gasteiger partial charge in [0.15, 0.2) is 14.9 Å². The molecule has 0 aliphatic carbocycles. The van der Waals surface area contributed by atoms with Crippen molar-refractivity contribution in [2.45, 2.75) is 11.7 Å². The van der Waals surface area contributed by atoms with Crippen LogP contribution in [0.25, 0.3) is 0 Å². The molecule has 0 radical (unpaired) electrons. The van der Waals surface area contributed by atoms with Gasteiger partial charge < -0.3 is 5.32 Å². The summed E-state index contributed by atoms with van der Waals surface area (Å²) in [5.74, 6) is -0.403. The summed E-state index contributed by atoms with van der Waals surface area (Å²) in [6, 6.07) is 0. The van der Waals surface area contributed by atoms with E-state index in [-0.39, 0.29) is 23.0 Å². The molecule has 15 heavy (non-hydrogen) atoms. The van der Waals surface area contributed by atoms with Crippen LogP contribution in [0.1, 0.15) is 6.42 Å². The topological polar surface area (TPSA) is 92.3 Å². The van der Waals surface area contributed by atoms with Crippen molar-refractivity contribution < 1.29 is 16.8 Å². The van der Waals surface area contributed by atoms with Gasteiger partial charge in [-0.3, -0.25) is 4.72 Å². The van der Waals surface area contributed by atoms with E-state index in [9.17, 15) is 16.8 Å². The molecule has 1 fully saturated rings. The Morgan fingerprint density at radius 3 is 2.47 bits per heavy atom. The first-order valence-electron chi connectivity index (χ1n) is 4.20. The molecule has 0 unspecified atom stereocenters. The molecule has 1 rings (SSSR count). The molecule has 1 saturated heterocycles. The highest BCUT2D eigenvalue weighted by Gasteiger charge is 2.37. The third-order valence-corrected chi connectivity index (χ3v) is 6.27. The van der Waals surface area contributed by atoms with Crippen molar-refractivity contribution in [3.8, 4) is 0 Å². The highest BCUT2D eigenvalue weighted by Crippen LogP contribution is 2.17. The van der Waals surface area contributed by atoms with Crippen LogP contribution >= 0.6 is 12.2 Å². The largest absolute Gasteiger partial charge is 0.365 e. The van der Waals surface area contributed by atoms with Crippen molar-refractivity contribution in [3.05, 3.63) is 0 Å². The Morgan fingerprint density at radius 2 is 2.07 bits per heavy atom. The minimum atomic E-state index is -3.68. The summed E-state index contributed by atoms with van der Waals surface area (Å²) in [5.41, 5.74) is 0. The molecule has 1 heterocycles. The van der Waals surface area contributed by atoms with Crippen LogP contribution in [0.4, 0.5) is 0 Å². The summed E-state index contributed by atoms with van der Waals surface area (Å²) >= 11 is 4.65. The molecule has 0 saturated carbocycles. The quantitative estimate of drug-likeness (QED) is 0.601. The minimum Gasteiger partial charge on any atom is -0.365 e. The molecule has 88 valence electrons. The van der Waals surface area contributed by atoms with Gasteiger partial charge in [0.1, 0.15) is 0 Å². The van der Waals surface area contributed by atoms with Crippen molar-refractivity contribution in [2.75, 3.05) is 18.6 Å². The SMILES string of the molecule is CNC(=S)NS(=O)(=O)[C@H]1CCS(=O)(=O)C1. The highest BCUT2D eigenvalue weighted by atomic mass is 32.2. The zero-order chi connectivity index (χ0) is 11.7. The van der Waals surface area contributed by atoms with E-state index in [2.05, 4.69) is 22.3 Å². The maximum Gasteiger partial charge on any atom is 0.238 e. The normalized spacial score (nSPS) is 24.7. The van der Waals surface area contributed by atoms with Gasteiger partial charge in [-0.15, -0.1) is 0 Å². The predicted molar refractivity (Wildman–Crippen MR) is 60.8 cm³/mol. The summed E-state index contributed by atoms with van der Waals surface area (Å²) in [6.45, 7) is 0. The molecule has 0 bridgehead atoms. The van der Waals surface area contributed by atoms with E-state index in [1.807, 2.05) is 0 Å². The van der Waals surface area contributed by atoms with Gasteiger partial charge in [-0.1, -0.05) is 0 Å². The van der Waals surface area contributed by atoms with Crippen molar-refractivity contribution in [2.24, 2.45) is 0 Å². The van der Waals surface area contributed by atoms with Gasteiger partial charge in [-0.2, -0.15) is 0 Å². The van der Waals surface area contributed by atoms with Crippen LogP contribution in [0.2, 0.25) is 0 Å². The van der Waals surface area contributed by atoms with Crippen molar-refractivity contribution in [1.29, 1.82) is 0 Å². The van der Waals surface area contributed by atoms with Crippen LogP contribution in [0.3, 0.4) is 0 Å². The minimum absolute atomic E-state index is 0.0284. The molecule has 9 heteroatoms. The van der Waals surface area contributed by atoms with Gasteiger partial charge in [0.05, 0.1) is 16.8 Å². The van der Waals surface area contributed by atoms with Crippen molar-refractivity contribution in [1.82, 2.24) is 10.0 Å².